The predicted octanol–water partition coefficient (Wildman–Crippen LogP) is 1.70. The fourth-order valence-electron chi connectivity index (χ4n) is 2.79. The number of benzene rings is 2. The van der Waals surface area contributed by atoms with E-state index in [0.29, 0.717) is 18.7 Å². The largest absolute Gasteiger partial charge is 0.351 e. The number of sulfonamides is 2. The Bertz CT molecular complexity index is 1050. The van der Waals surface area contributed by atoms with E-state index in [0.717, 1.165) is 0 Å². The van der Waals surface area contributed by atoms with Crippen molar-refractivity contribution >= 4 is 26.0 Å². The molecule has 2 aromatic rings. The zero-order chi connectivity index (χ0) is 22.4. The molecule has 0 aromatic heterocycles. The molecule has 2 rings (SSSR count). The summed E-state index contributed by atoms with van der Waals surface area (Å²) in [5.74, 6) is -0.491. The summed E-state index contributed by atoms with van der Waals surface area (Å²) in [6, 6.07) is 13.1. The van der Waals surface area contributed by atoms with Gasteiger partial charge < -0.3 is 5.32 Å². The summed E-state index contributed by atoms with van der Waals surface area (Å²) in [4.78, 5) is 12.5. The van der Waals surface area contributed by atoms with Crippen molar-refractivity contribution in [2.24, 2.45) is 0 Å². The summed E-state index contributed by atoms with van der Waals surface area (Å²) < 4.78 is 53.3. The number of carbonyl (C=O) groups excluding carboxylic acids is 1. The number of nitrogens with one attached hydrogen (secondary N) is 2. The molecular formula is C20H27N3O5S2. The second-order valence-electron chi connectivity index (χ2n) is 6.61. The van der Waals surface area contributed by atoms with E-state index < -0.39 is 32.0 Å². The van der Waals surface area contributed by atoms with Gasteiger partial charge in [0.25, 0.3) is 0 Å². The molecule has 0 bridgehead atoms. The van der Waals surface area contributed by atoms with E-state index in [1.54, 1.807) is 44.2 Å². The SMILES string of the molecule is CCN(CC)S(=O)(=O)c1ccc(CNC(=O)[C@H](C)NS(=O)(=O)c2ccccc2)cc1. The van der Waals surface area contributed by atoms with Crippen LogP contribution in [0.1, 0.15) is 26.3 Å². The van der Waals surface area contributed by atoms with Crippen LogP contribution < -0.4 is 10.0 Å². The second-order valence-corrected chi connectivity index (χ2v) is 10.3. The highest BCUT2D eigenvalue weighted by Gasteiger charge is 2.23. The Morgan fingerprint density at radius 2 is 1.47 bits per heavy atom. The number of amides is 1. The third-order valence-electron chi connectivity index (χ3n) is 4.51. The molecule has 0 spiro atoms. The lowest BCUT2D eigenvalue weighted by atomic mass is 10.2. The van der Waals surface area contributed by atoms with Crippen molar-refractivity contribution in [1.29, 1.82) is 0 Å². The first-order valence-electron chi connectivity index (χ1n) is 9.56. The normalized spacial score (nSPS) is 13.2. The average molecular weight is 454 g/mol. The molecule has 2 N–H and O–H groups in total. The second kappa shape index (κ2) is 10.2. The van der Waals surface area contributed by atoms with Gasteiger partial charge in [0.15, 0.2) is 0 Å². The molecule has 10 heteroatoms. The summed E-state index contributed by atoms with van der Waals surface area (Å²) in [6.45, 7) is 5.91. The van der Waals surface area contributed by atoms with Crippen LogP contribution >= 0.6 is 0 Å². The van der Waals surface area contributed by atoms with E-state index in [2.05, 4.69) is 10.0 Å². The van der Waals surface area contributed by atoms with Crippen molar-refractivity contribution in [3.63, 3.8) is 0 Å². The third kappa shape index (κ3) is 5.88. The minimum absolute atomic E-state index is 0.0784. The van der Waals surface area contributed by atoms with E-state index in [1.165, 1.54) is 35.5 Å². The van der Waals surface area contributed by atoms with E-state index in [1.807, 2.05) is 0 Å². The molecule has 0 aliphatic carbocycles. The van der Waals surface area contributed by atoms with Crippen molar-refractivity contribution in [1.82, 2.24) is 14.3 Å². The van der Waals surface area contributed by atoms with Crippen LogP contribution in [0.3, 0.4) is 0 Å². The first-order valence-corrected chi connectivity index (χ1v) is 12.5. The molecule has 2 aromatic carbocycles. The molecule has 0 saturated heterocycles. The van der Waals surface area contributed by atoms with Crippen LogP contribution in [-0.2, 0) is 31.4 Å². The van der Waals surface area contributed by atoms with Gasteiger partial charge in [-0.05, 0) is 36.8 Å². The average Bonchev–Trinajstić information content (AvgIpc) is 2.73. The van der Waals surface area contributed by atoms with Gasteiger partial charge in [-0.25, -0.2) is 16.8 Å². The summed E-state index contributed by atoms with van der Waals surface area (Å²) in [5.41, 5.74) is 0.694. The number of hydrogen-bond donors (Lipinski definition) is 2. The molecule has 164 valence electrons. The Hall–Kier alpha value is -2.27. The molecular weight excluding hydrogens is 426 g/mol. The standard InChI is InChI=1S/C20H27N3O5S2/c1-4-23(5-2)30(27,28)19-13-11-17(12-14-19)15-21-20(24)16(3)22-29(25,26)18-9-7-6-8-10-18/h6-14,16,22H,4-5,15H2,1-3H3,(H,21,24)/t16-/m0/s1. The molecule has 0 radical (unpaired) electrons. The predicted molar refractivity (Wildman–Crippen MR) is 115 cm³/mol. The Kier molecular flexibility index (Phi) is 8.13. The molecule has 30 heavy (non-hydrogen) atoms. The lowest BCUT2D eigenvalue weighted by Crippen LogP contribution is -2.44. The van der Waals surface area contributed by atoms with Gasteiger partial charge >= 0.3 is 0 Å². The Labute approximate surface area is 178 Å². The van der Waals surface area contributed by atoms with Gasteiger partial charge in [0.1, 0.15) is 0 Å². The Morgan fingerprint density at radius 3 is 2.00 bits per heavy atom. The lowest BCUT2D eigenvalue weighted by molar-refractivity contribution is -0.122. The van der Waals surface area contributed by atoms with Crippen molar-refractivity contribution in [3.05, 3.63) is 60.2 Å². The Morgan fingerprint density at radius 1 is 0.900 bits per heavy atom. The summed E-state index contributed by atoms with van der Waals surface area (Å²) in [6.07, 6.45) is 0. The zero-order valence-corrected chi connectivity index (χ0v) is 18.8. The number of carbonyl (C=O) groups is 1. The van der Waals surface area contributed by atoms with Gasteiger partial charge in [-0.15, -0.1) is 0 Å². The number of rotatable bonds is 10. The van der Waals surface area contributed by atoms with Crippen LogP contribution in [0.5, 0.6) is 0 Å². The van der Waals surface area contributed by atoms with Gasteiger partial charge in [0.05, 0.1) is 15.8 Å². The first-order chi connectivity index (χ1) is 14.1. The highest BCUT2D eigenvalue weighted by Crippen LogP contribution is 2.16. The highest BCUT2D eigenvalue weighted by atomic mass is 32.2. The maximum Gasteiger partial charge on any atom is 0.243 e. The van der Waals surface area contributed by atoms with Gasteiger partial charge in [0.2, 0.25) is 26.0 Å². The molecule has 0 fully saturated rings. The van der Waals surface area contributed by atoms with Gasteiger partial charge in [-0.3, -0.25) is 4.79 Å². The molecule has 0 saturated carbocycles. The van der Waals surface area contributed by atoms with Crippen molar-refractivity contribution in [2.75, 3.05) is 13.1 Å². The van der Waals surface area contributed by atoms with Gasteiger partial charge in [-0.2, -0.15) is 9.03 Å². The van der Waals surface area contributed by atoms with Crippen LogP contribution in [0.2, 0.25) is 0 Å². The molecule has 0 aliphatic heterocycles. The van der Waals surface area contributed by atoms with E-state index in [9.17, 15) is 21.6 Å². The molecule has 0 aliphatic rings. The van der Waals surface area contributed by atoms with Crippen molar-refractivity contribution in [3.8, 4) is 0 Å². The van der Waals surface area contributed by atoms with Crippen LogP contribution in [-0.4, -0.2) is 46.2 Å². The van der Waals surface area contributed by atoms with E-state index >= 15 is 0 Å². The van der Waals surface area contributed by atoms with Crippen LogP contribution in [0.15, 0.2) is 64.4 Å². The zero-order valence-electron chi connectivity index (χ0n) is 17.2. The quantitative estimate of drug-likeness (QED) is 0.569. The number of hydrogen-bond acceptors (Lipinski definition) is 5. The van der Waals surface area contributed by atoms with Crippen molar-refractivity contribution < 1.29 is 21.6 Å². The number of nitrogens with zero attached hydrogens (tertiary/aromatic N) is 1. The van der Waals surface area contributed by atoms with Crippen molar-refractivity contribution in [2.45, 2.75) is 43.1 Å². The summed E-state index contributed by atoms with van der Waals surface area (Å²) >= 11 is 0. The van der Waals surface area contributed by atoms with E-state index in [4.69, 9.17) is 0 Å². The molecule has 0 unspecified atom stereocenters. The van der Waals surface area contributed by atoms with Crippen LogP contribution in [0.4, 0.5) is 0 Å². The Balaban J connectivity index is 1.98. The minimum Gasteiger partial charge on any atom is -0.351 e. The fourth-order valence-corrected chi connectivity index (χ4v) is 5.47. The summed E-state index contributed by atoms with van der Waals surface area (Å²) in [5, 5.41) is 2.65. The molecule has 1 atom stereocenters. The van der Waals surface area contributed by atoms with Gasteiger partial charge in [-0.1, -0.05) is 44.2 Å². The maximum atomic E-state index is 12.5. The third-order valence-corrected chi connectivity index (χ3v) is 8.13. The fraction of sp³-hybridized carbons (Fsp3) is 0.350. The monoisotopic (exact) mass is 453 g/mol. The highest BCUT2D eigenvalue weighted by molar-refractivity contribution is 7.89. The smallest absolute Gasteiger partial charge is 0.243 e. The molecule has 8 nitrogen and oxygen atoms in total. The molecule has 0 heterocycles. The minimum atomic E-state index is -3.80. The lowest BCUT2D eigenvalue weighted by Gasteiger charge is -2.18. The van der Waals surface area contributed by atoms with Crippen LogP contribution in [0.25, 0.3) is 0 Å². The van der Waals surface area contributed by atoms with E-state index in [-0.39, 0.29) is 16.3 Å². The maximum absolute atomic E-state index is 12.5. The summed E-state index contributed by atoms with van der Waals surface area (Å²) in [7, 11) is -7.35. The molecule has 1 amide bonds. The van der Waals surface area contributed by atoms with Gasteiger partial charge in [0, 0.05) is 19.6 Å². The topological polar surface area (TPSA) is 113 Å². The first kappa shape index (κ1) is 24.0. The van der Waals surface area contributed by atoms with Crippen LogP contribution in [0, 0.1) is 0 Å².